The average molecular weight is 207 g/mol. The van der Waals surface area contributed by atoms with Crippen LogP contribution in [0.4, 0.5) is 0 Å². The predicted octanol–water partition coefficient (Wildman–Crippen LogP) is 2.32. The van der Waals surface area contributed by atoms with Gasteiger partial charge in [0.15, 0.2) is 0 Å². The van der Waals surface area contributed by atoms with Gasteiger partial charge < -0.3 is 5.32 Å². The highest BCUT2D eigenvalue weighted by Gasteiger charge is 2.11. The van der Waals surface area contributed by atoms with E-state index in [1.807, 2.05) is 0 Å². The Balaban J connectivity index is 1.90. The van der Waals surface area contributed by atoms with Crippen LogP contribution < -0.4 is 5.32 Å². The summed E-state index contributed by atoms with van der Waals surface area (Å²) >= 11 is 2.08. The first-order valence-corrected chi connectivity index (χ1v) is 6.46. The van der Waals surface area contributed by atoms with Crippen molar-refractivity contribution in [3.63, 3.8) is 0 Å². The lowest BCUT2D eigenvalue weighted by Crippen LogP contribution is -2.32. The van der Waals surface area contributed by atoms with E-state index in [1.54, 1.807) is 0 Å². The van der Waals surface area contributed by atoms with Gasteiger partial charge in [-0.25, -0.2) is 0 Å². The number of benzene rings is 1. The number of rotatable bonds is 2. The van der Waals surface area contributed by atoms with Crippen molar-refractivity contribution in [2.75, 3.05) is 18.1 Å². The third kappa shape index (κ3) is 3.03. The van der Waals surface area contributed by atoms with Crippen LogP contribution in [0.15, 0.2) is 30.3 Å². The van der Waals surface area contributed by atoms with Crippen LogP contribution in [0.1, 0.15) is 12.0 Å². The van der Waals surface area contributed by atoms with Gasteiger partial charge in [0.1, 0.15) is 0 Å². The molecule has 0 radical (unpaired) electrons. The van der Waals surface area contributed by atoms with Crippen molar-refractivity contribution >= 4 is 11.8 Å². The second-order valence-electron chi connectivity index (χ2n) is 3.77. The number of hydrogen-bond acceptors (Lipinski definition) is 2. The fourth-order valence-electron chi connectivity index (χ4n) is 1.79. The largest absolute Gasteiger partial charge is 0.313 e. The van der Waals surface area contributed by atoms with E-state index in [2.05, 4.69) is 47.4 Å². The molecule has 14 heavy (non-hydrogen) atoms. The van der Waals surface area contributed by atoms with Crippen molar-refractivity contribution in [1.29, 1.82) is 0 Å². The fraction of sp³-hybridized carbons (Fsp3) is 0.500. The molecule has 1 nitrogen and oxygen atoms in total. The van der Waals surface area contributed by atoms with Crippen LogP contribution in [0.2, 0.25) is 0 Å². The molecule has 1 saturated heterocycles. The van der Waals surface area contributed by atoms with Crippen LogP contribution in [0.5, 0.6) is 0 Å². The Bertz CT molecular complexity index is 252. The number of nitrogens with one attached hydrogen (secondary N) is 1. The van der Waals surface area contributed by atoms with Gasteiger partial charge in [-0.1, -0.05) is 30.3 Å². The lowest BCUT2D eigenvalue weighted by atomic mass is 10.1. The zero-order valence-electron chi connectivity index (χ0n) is 8.41. The molecule has 1 atom stereocenters. The molecule has 76 valence electrons. The molecule has 2 rings (SSSR count). The van der Waals surface area contributed by atoms with Gasteiger partial charge in [0.05, 0.1) is 0 Å². The van der Waals surface area contributed by atoms with Crippen molar-refractivity contribution in [2.45, 2.75) is 18.9 Å². The van der Waals surface area contributed by atoms with Crippen LogP contribution in [0, 0.1) is 0 Å². The molecule has 1 fully saturated rings. The summed E-state index contributed by atoms with van der Waals surface area (Å²) in [6.07, 6.45) is 2.49. The molecule has 1 unspecified atom stereocenters. The summed E-state index contributed by atoms with van der Waals surface area (Å²) in [6.45, 7) is 1.19. The van der Waals surface area contributed by atoms with Gasteiger partial charge >= 0.3 is 0 Å². The Labute approximate surface area is 90.3 Å². The smallest absolute Gasteiger partial charge is 0.0198 e. The number of thioether (sulfide) groups is 1. The molecule has 1 aromatic rings. The van der Waals surface area contributed by atoms with Gasteiger partial charge in [0.2, 0.25) is 0 Å². The highest BCUT2D eigenvalue weighted by Crippen LogP contribution is 2.12. The van der Waals surface area contributed by atoms with E-state index < -0.39 is 0 Å². The fourth-order valence-corrected chi connectivity index (χ4v) is 2.83. The normalized spacial score (nSPS) is 23.0. The maximum atomic E-state index is 3.61. The van der Waals surface area contributed by atoms with Crippen LogP contribution in [0.3, 0.4) is 0 Å². The van der Waals surface area contributed by atoms with Gasteiger partial charge in [-0.05, 0) is 30.7 Å². The van der Waals surface area contributed by atoms with Crippen LogP contribution in [0.25, 0.3) is 0 Å². The zero-order valence-corrected chi connectivity index (χ0v) is 9.22. The summed E-state index contributed by atoms with van der Waals surface area (Å²) in [5, 5.41) is 3.61. The van der Waals surface area contributed by atoms with Crippen molar-refractivity contribution < 1.29 is 0 Å². The molecule has 0 aliphatic carbocycles. The maximum absolute atomic E-state index is 3.61. The SMILES string of the molecule is c1ccc(CC2CSCCCN2)cc1. The molecule has 0 bridgehead atoms. The van der Waals surface area contributed by atoms with Gasteiger partial charge in [0, 0.05) is 11.8 Å². The minimum absolute atomic E-state index is 0.671. The van der Waals surface area contributed by atoms with Crippen LogP contribution >= 0.6 is 11.8 Å². The van der Waals surface area contributed by atoms with E-state index in [9.17, 15) is 0 Å². The van der Waals surface area contributed by atoms with Crippen molar-refractivity contribution in [3.05, 3.63) is 35.9 Å². The lowest BCUT2D eigenvalue weighted by Gasteiger charge is -2.14. The predicted molar refractivity (Wildman–Crippen MR) is 63.9 cm³/mol. The monoisotopic (exact) mass is 207 g/mol. The summed E-state index contributed by atoms with van der Waals surface area (Å²) in [7, 11) is 0. The molecule has 1 heterocycles. The molecule has 1 N–H and O–H groups in total. The summed E-state index contributed by atoms with van der Waals surface area (Å²) in [4.78, 5) is 0. The highest BCUT2D eigenvalue weighted by atomic mass is 32.2. The third-order valence-electron chi connectivity index (χ3n) is 2.54. The maximum Gasteiger partial charge on any atom is 0.0198 e. The van der Waals surface area contributed by atoms with Gasteiger partial charge in [0.25, 0.3) is 0 Å². The van der Waals surface area contributed by atoms with Crippen molar-refractivity contribution in [1.82, 2.24) is 5.32 Å². The Morgan fingerprint density at radius 1 is 1.29 bits per heavy atom. The second kappa shape index (κ2) is 5.42. The molecular weight excluding hydrogens is 190 g/mol. The standard InChI is InChI=1S/C12H17NS/c1-2-5-11(6-3-1)9-12-10-14-8-4-7-13-12/h1-3,5-6,12-13H,4,7-10H2. The first-order valence-electron chi connectivity index (χ1n) is 5.30. The summed E-state index contributed by atoms with van der Waals surface area (Å²) in [6, 6.07) is 11.4. The topological polar surface area (TPSA) is 12.0 Å². The second-order valence-corrected chi connectivity index (χ2v) is 4.92. The molecular formula is C12H17NS. The van der Waals surface area contributed by atoms with Crippen LogP contribution in [-0.2, 0) is 6.42 Å². The van der Waals surface area contributed by atoms with Crippen LogP contribution in [-0.4, -0.2) is 24.1 Å². The first kappa shape index (κ1) is 10.1. The van der Waals surface area contributed by atoms with E-state index in [0.717, 1.165) is 0 Å². The molecule has 1 aliphatic heterocycles. The minimum atomic E-state index is 0.671. The first-order chi connectivity index (χ1) is 6.95. The third-order valence-corrected chi connectivity index (χ3v) is 3.76. The summed E-state index contributed by atoms with van der Waals surface area (Å²) in [5.74, 6) is 2.58. The van der Waals surface area contributed by atoms with Gasteiger partial charge in [-0.2, -0.15) is 11.8 Å². The molecule has 0 spiro atoms. The van der Waals surface area contributed by atoms with E-state index in [0.29, 0.717) is 6.04 Å². The quantitative estimate of drug-likeness (QED) is 0.799. The molecule has 2 heteroatoms. The molecule has 0 saturated carbocycles. The molecule has 1 aromatic carbocycles. The summed E-state index contributed by atoms with van der Waals surface area (Å²) in [5.41, 5.74) is 1.45. The minimum Gasteiger partial charge on any atom is -0.313 e. The highest BCUT2D eigenvalue weighted by molar-refractivity contribution is 7.99. The Hall–Kier alpha value is -0.470. The molecule has 1 aliphatic rings. The Kier molecular flexibility index (Phi) is 3.90. The van der Waals surface area contributed by atoms with Crippen molar-refractivity contribution in [2.24, 2.45) is 0 Å². The average Bonchev–Trinajstić information content (AvgIpc) is 2.48. The Morgan fingerprint density at radius 2 is 2.14 bits per heavy atom. The number of hydrogen-bond donors (Lipinski definition) is 1. The Morgan fingerprint density at radius 3 is 3.00 bits per heavy atom. The van der Waals surface area contributed by atoms with Gasteiger partial charge in [-0.3, -0.25) is 0 Å². The van der Waals surface area contributed by atoms with E-state index in [-0.39, 0.29) is 0 Å². The lowest BCUT2D eigenvalue weighted by molar-refractivity contribution is 0.560. The van der Waals surface area contributed by atoms with Crippen molar-refractivity contribution in [3.8, 4) is 0 Å². The summed E-state index contributed by atoms with van der Waals surface area (Å²) < 4.78 is 0. The molecule has 0 aromatic heterocycles. The zero-order chi connectivity index (χ0) is 9.64. The molecule has 0 amide bonds. The van der Waals surface area contributed by atoms with E-state index in [1.165, 1.54) is 36.5 Å². The van der Waals surface area contributed by atoms with E-state index >= 15 is 0 Å². The van der Waals surface area contributed by atoms with E-state index in [4.69, 9.17) is 0 Å². The van der Waals surface area contributed by atoms with Gasteiger partial charge in [-0.15, -0.1) is 0 Å².